The van der Waals surface area contributed by atoms with Crippen LogP contribution in [0.3, 0.4) is 0 Å². The van der Waals surface area contributed by atoms with Crippen LogP contribution in [0, 0.1) is 11.3 Å². The zero-order valence-electron chi connectivity index (χ0n) is 9.91. The number of nitrogens with zero attached hydrogens (tertiary/aromatic N) is 3. The summed E-state index contributed by atoms with van der Waals surface area (Å²) < 4.78 is 26.3. The van der Waals surface area contributed by atoms with Crippen molar-refractivity contribution in [1.29, 1.82) is 5.26 Å². The molecule has 2 rings (SSSR count). The van der Waals surface area contributed by atoms with Crippen LogP contribution in [0.25, 0.3) is 0 Å². The number of sulfonamides is 1. The fraction of sp³-hybridized carbons (Fsp3) is 0.455. The highest BCUT2D eigenvalue weighted by atomic mass is 32.2. The molecular weight excluding hydrogens is 270 g/mol. The molecule has 0 spiro atoms. The van der Waals surface area contributed by atoms with E-state index < -0.39 is 10.0 Å². The molecule has 1 aliphatic rings. The first-order valence-electron chi connectivity index (χ1n) is 5.51. The zero-order valence-corrected chi connectivity index (χ0v) is 11.5. The number of nitriles is 1. The predicted molar refractivity (Wildman–Crippen MR) is 69.6 cm³/mol. The summed E-state index contributed by atoms with van der Waals surface area (Å²) in [7, 11) is -3.49. The standard InChI is InChI=1S/C11H13N3O2S2/c1-9-8-17-5-4-14(9)18(15,16)11-3-2-10(6-12)13-7-11/h2-3,7,9H,4-5,8H2,1H3. The van der Waals surface area contributed by atoms with Gasteiger partial charge >= 0.3 is 0 Å². The van der Waals surface area contributed by atoms with Gasteiger partial charge in [-0.2, -0.15) is 21.3 Å². The maximum atomic E-state index is 12.4. The smallest absolute Gasteiger partial charge is 0.244 e. The van der Waals surface area contributed by atoms with Crippen molar-refractivity contribution in [2.24, 2.45) is 0 Å². The molecule has 2 heterocycles. The summed E-state index contributed by atoms with van der Waals surface area (Å²) in [6.45, 7) is 2.43. The van der Waals surface area contributed by atoms with Gasteiger partial charge in [0.15, 0.2) is 0 Å². The molecule has 1 aromatic rings. The Morgan fingerprint density at radius 1 is 1.56 bits per heavy atom. The van der Waals surface area contributed by atoms with Crippen LogP contribution in [0.1, 0.15) is 12.6 Å². The third kappa shape index (κ3) is 2.51. The Bertz CT molecular complexity index is 563. The van der Waals surface area contributed by atoms with Gasteiger partial charge in [0.2, 0.25) is 10.0 Å². The van der Waals surface area contributed by atoms with E-state index in [0.717, 1.165) is 11.5 Å². The second kappa shape index (κ2) is 5.26. The second-order valence-electron chi connectivity index (χ2n) is 4.03. The average molecular weight is 283 g/mol. The summed E-state index contributed by atoms with van der Waals surface area (Å²) in [5.74, 6) is 1.62. The highest BCUT2D eigenvalue weighted by Gasteiger charge is 2.31. The van der Waals surface area contributed by atoms with Crippen LogP contribution in [0.4, 0.5) is 0 Å². The van der Waals surface area contributed by atoms with Crippen molar-refractivity contribution in [2.75, 3.05) is 18.1 Å². The van der Waals surface area contributed by atoms with Crippen molar-refractivity contribution in [1.82, 2.24) is 9.29 Å². The lowest BCUT2D eigenvalue weighted by Crippen LogP contribution is -2.44. The van der Waals surface area contributed by atoms with Gasteiger partial charge in [0.25, 0.3) is 0 Å². The van der Waals surface area contributed by atoms with Crippen LogP contribution >= 0.6 is 11.8 Å². The highest BCUT2D eigenvalue weighted by molar-refractivity contribution is 7.99. The number of hydrogen-bond donors (Lipinski definition) is 0. The molecular formula is C11H13N3O2S2. The molecule has 0 amide bonds. The minimum absolute atomic E-state index is 0.00982. The Balaban J connectivity index is 2.32. The molecule has 1 aromatic heterocycles. The Hall–Kier alpha value is -1.10. The third-order valence-corrected chi connectivity index (χ3v) is 5.95. The lowest BCUT2D eigenvalue weighted by Gasteiger charge is -2.31. The van der Waals surface area contributed by atoms with Gasteiger partial charge in [0.05, 0.1) is 0 Å². The minimum atomic E-state index is -3.49. The summed E-state index contributed by atoms with van der Waals surface area (Å²) in [5.41, 5.74) is 0.219. The van der Waals surface area contributed by atoms with Crippen molar-refractivity contribution >= 4 is 21.8 Å². The second-order valence-corrected chi connectivity index (χ2v) is 7.07. The van der Waals surface area contributed by atoms with Crippen molar-refractivity contribution in [3.05, 3.63) is 24.0 Å². The van der Waals surface area contributed by atoms with E-state index in [1.165, 1.54) is 22.6 Å². The summed E-state index contributed by atoms with van der Waals surface area (Å²) in [6.07, 6.45) is 1.25. The molecule has 96 valence electrons. The summed E-state index contributed by atoms with van der Waals surface area (Å²) >= 11 is 1.76. The fourth-order valence-electron chi connectivity index (χ4n) is 1.80. The molecule has 7 heteroatoms. The van der Waals surface area contributed by atoms with Gasteiger partial charge in [0.1, 0.15) is 16.7 Å². The van der Waals surface area contributed by atoms with Crippen LogP contribution < -0.4 is 0 Å². The van der Waals surface area contributed by atoms with Crippen LogP contribution in [-0.4, -0.2) is 41.8 Å². The molecule has 18 heavy (non-hydrogen) atoms. The van der Waals surface area contributed by atoms with E-state index in [2.05, 4.69) is 4.98 Å². The SMILES string of the molecule is CC1CSCCN1S(=O)(=O)c1ccc(C#N)nc1. The number of thioether (sulfide) groups is 1. The monoisotopic (exact) mass is 283 g/mol. The van der Waals surface area contributed by atoms with Crippen LogP contribution in [0.15, 0.2) is 23.2 Å². The molecule has 1 fully saturated rings. The predicted octanol–water partition coefficient (Wildman–Crippen LogP) is 1.08. The maximum Gasteiger partial charge on any atom is 0.244 e. The van der Waals surface area contributed by atoms with E-state index in [-0.39, 0.29) is 16.6 Å². The first-order valence-corrected chi connectivity index (χ1v) is 8.11. The lowest BCUT2D eigenvalue weighted by molar-refractivity contribution is 0.367. The number of hydrogen-bond acceptors (Lipinski definition) is 5. The fourth-order valence-corrected chi connectivity index (χ4v) is 4.60. The largest absolute Gasteiger partial charge is 0.244 e. The zero-order chi connectivity index (χ0) is 13.2. The van der Waals surface area contributed by atoms with Crippen molar-refractivity contribution < 1.29 is 8.42 Å². The van der Waals surface area contributed by atoms with Gasteiger partial charge < -0.3 is 0 Å². The van der Waals surface area contributed by atoms with Gasteiger partial charge in [-0.3, -0.25) is 0 Å². The summed E-state index contributed by atoms with van der Waals surface area (Å²) in [5, 5.41) is 8.65. The van der Waals surface area contributed by atoms with Gasteiger partial charge in [-0.15, -0.1) is 0 Å². The average Bonchev–Trinajstić information content (AvgIpc) is 2.39. The van der Waals surface area contributed by atoms with E-state index >= 15 is 0 Å². The number of pyridine rings is 1. The molecule has 5 nitrogen and oxygen atoms in total. The highest BCUT2D eigenvalue weighted by Crippen LogP contribution is 2.23. The van der Waals surface area contributed by atoms with Crippen molar-refractivity contribution in [3.63, 3.8) is 0 Å². The van der Waals surface area contributed by atoms with Crippen molar-refractivity contribution in [3.8, 4) is 6.07 Å². The Kier molecular flexibility index (Phi) is 3.90. The Labute approximate surface area is 111 Å². The van der Waals surface area contributed by atoms with Crippen LogP contribution in [-0.2, 0) is 10.0 Å². The Morgan fingerprint density at radius 2 is 2.33 bits per heavy atom. The van der Waals surface area contributed by atoms with Gasteiger partial charge in [-0.25, -0.2) is 13.4 Å². The lowest BCUT2D eigenvalue weighted by atomic mass is 10.4. The molecule has 1 aliphatic heterocycles. The topological polar surface area (TPSA) is 74.1 Å². The molecule has 0 N–H and O–H groups in total. The van der Waals surface area contributed by atoms with Crippen molar-refractivity contribution in [2.45, 2.75) is 17.9 Å². The third-order valence-electron chi connectivity index (χ3n) is 2.76. The molecule has 1 atom stereocenters. The van der Waals surface area contributed by atoms with E-state index in [1.54, 1.807) is 11.8 Å². The molecule has 1 unspecified atom stereocenters. The van der Waals surface area contributed by atoms with E-state index in [9.17, 15) is 8.42 Å². The minimum Gasteiger partial charge on any atom is -0.244 e. The molecule has 0 radical (unpaired) electrons. The first kappa shape index (κ1) is 13.3. The molecule has 1 saturated heterocycles. The number of aromatic nitrogens is 1. The van der Waals surface area contributed by atoms with E-state index in [0.29, 0.717) is 6.54 Å². The molecule has 0 aliphatic carbocycles. The van der Waals surface area contributed by atoms with E-state index in [4.69, 9.17) is 5.26 Å². The van der Waals surface area contributed by atoms with Gasteiger partial charge in [-0.05, 0) is 19.1 Å². The summed E-state index contributed by atoms with van der Waals surface area (Å²) in [6, 6.07) is 4.73. The molecule has 0 saturated carbocycles. The van der Waals surface area contributed by atoms with E-state index in [1.807, 2.05) is 13.0 Å². The molecule has 0 aromatic carbocycles. The van der Waals surface area contributed by atoms with Crippen LogP contribution in [0.5, 0.6) is 0 Å². The number of rotatable bonds is 2. The molecule has 0 bridgehead atoms. The summed E-state index contributed by atoms with van der Waals surface area (Å²) in [4.78, 5) is 3.96. The normalized spacial score (nSPS) is 21.4. The first-order chi connectivity index (χ1) is 8.55. The maximum absolute atomic E-state index is 12.4. The van der Waals surface area contributed by atoms with Gasteiger partial charge in [0, 0.05) is 30.3 Å². The Morgan fingerprint density at radius 3 is 2.89 bits per heavy atom. The van der Waals surface area contributed by atoms with Gasteiger partial charge in [-0.1, -0.05) is 0 Å². The van der Waals surface area contributed by atoms with Crippen LogP contribution in [0.2, 0.25) is 0 Å². The quantitative estimate of drug-likeness (QED) is 0.812.